The van der Waals surface area contributed by atoms with E-state index in [-0.39, 0.29) is 11.7 Å². The van der Waals surface area contributed by atoms with Crippen molar-refractivity contribution in [1.29, 1.82) is 0 Å². The molecule has 0 amide bonds. The van der Waals surface area contributed by atoms with Crippen molar-refractivity contribution >= 4 is 17.9 Å². The first-order chi connectivity index (χ1) is 14.0. The highest BCUT2D eigenvalue weighted by Gasteiger charge is 2.72. The van der Waals surface area contributed by atoms with E-state index in [1.807, 2.05) is 0 Å². The largest absolute Gasteiger partial charge is 0.457 e. The molecule has 2 heterocycles. The molecule has 1 saturated carbocycles. The van der Waals surface area contributed by atoms with Crippen molar-refractivity contribution in [2.45, 2.75) is 70.7 Å². The number of carbonyl (C=O) groups excluding carboxylic acids is 3. The van der Waals surface area contributed by atoms with Crippen LogP contribution in [0.25, 0.3) is 0 Å². The van der Waals surface area contributed by atoms with Gasteiger partial charge in [-0.1, -0.05) is 12.7 Å². The smallest absolute Gasteiger partial charge is 0.334 e. The normalized spacial score (nSPS) is 42.1. The van der Waals surface area contributed by atoms with Crippen molar-refractivity contribution < 1.29 is 38.4 Å². The topological polar surface area (TPSA) is 112 Å². The average Bonchev–Trinajstić information content (AvgIpc) is 3.38. The molecule has 162 valence electrons. The molecule has 0 radical (unpaired) electrons. The van der Waals surface area contributed by atoms with Crippen LogP contribution in [0.4, 0.5) is 0 Å². The minimum absolute atomic E-state index is 0.124. The minimum Gasteiger partial charge on any atom is -0.457 e. The average molecular weight is 418 g/mol. The summed E-state index contributed by atoms with van der Waals surface area (Å²) in [5.74, 6) is -3.14. The number of rotatable bonds is 3. The van der Waals surface area contributed by atoms with Crippen LogP contribution in [0.1, 0.15) is 34.6 Å². The molecule has 1 N–H and O–H groups in total. The maximum absolute atomic E-state index is 12.6. The Labute approximate surface area is 174 Å². The van der Waals surface area contributed by atoms with Crippen molar-refractivity contribution in [2.75, 3.05) is 0 Å². The van der Waals surface area contributed by atoms with E-state index in [9.17, 15) is 19.5 Å². The summed E-state index contributed by atoms with van der Waals surface area (Å²) in [6.07, 6.45) is -1.99. The Morgan fingerprint density at radius 2 is 1.93 bits per heavy atom. The van der Waals surface area contributed by atoms with Crippen molar-refractivity contribution in [3.63, 3.8) is 0 Å². The lowest BCUT2D eigenvalue weighted by Gasteiger charge is -2.35. The second-order valence-corrected chi connectivity index (χ2v) is 8.61. The van der Waals surface area contributed by atoms with Crippen molar-refractivity contribution in [2.24, 2.45) is 11.8 Å². The lowest BCUT2D eigenvalue weighted by Crippen LogP contribution is -2.48. The highest BCUT2D eigenvalue weighted by molar-refractivity contribution is 5.92. The molecule has 0 aromatic carbocycles. The summed E-state index contributed by atoms with van der Waals surface area (Å²) < 4.78 is 22.7. The molecule has 0 aromatic rings. The first-order valence-electron chi connectivity index (χ1n) is 10.00. The van der Waals surface area contributed by atoms with Gasteiger partial charge in [0.25, 0.3) is 0 Å². The Morgan fingerprint density at radius 1 is 1.27 bits per heavy atom. The molecular weight excluding hydrogens is 392 g/mol. The molecule has 2 aliphatic carbocycles. The fourth-order valence-electron chi connectivity index (χ4n) is 5.11. The van der Waals surface area contributed by atoms with Crippen LogP contribution in [0, 0.1) is 11.8 Å². The van der Waals surface area contributed by atoms with E-state index in [2.05, 4.69) is 6.58 Å². The van der Waals surface area contributed by atoms with Gasteiger partial charge in [-0.15, -0.1) is 0 Å². The number of hydrogen-bond donors (Lipinski definition) is 1. The summed E-state index contributed by atoms with van der Waals surface area (Å²) in [7, 11) is 0. The van der Waals surface area contributed by atoms with Gasteiger partial charge in [0.1, 0.15) is 23.9 Å². The fraction of sp³-hybridized carbons (Fsp3) is 0.591. The fourth-order valence-corrected chi connectivity index (χ4v) is 5.11. The minimum atomic E-state index is -1.30. The van der Waals surface area contributed by atoms with Crippen LogP contribution in [0.15, 0.2) is 34.9 Å². The first kappa shape index (κ1) is 20.8. The zero-order chi connectivity index (χ0) is 22.1. The predicted octanol–water partition coefficient (Wildman–Crippen LogP) is 1.37. The zero-order valence-corrected chi connectivity index (χ0v) is 17.6. The van der Waals surface area contributed by atoms with Crippen LogP contribution in [-0.4, -0.2) is 59.1 Å². The Balaban J connectivity index is 1.87. The third-order valence-electron chi connectivity index (χ3n) is 6.75. The van der Waals surface area contributed by atoms with E-state index in [4.69, 9.17) is 18.9 Å². The molecule has 2 saturated heterocycles. The van der Waals surface area contributed by atoms with Crippen molar-refractivity contribution in [3.8, 4) is 0 Å². The van der Waals surface area contributed by atoms with E-state index < -0.39 is 59.8 Å². The number of carbonyl (C=O) groups is 3. The SMILES string of the molecule is C=C1C(=O)OC2C1C(OC(=O)C(C)=CC)C(OC(C)=O)C(C)=C1C3OC3C(C)(O)C12. The van der Waals surface area contributed by atoms with E-state index in [0.717, 1.165) is 5.57 Å². The maximum Gasteiger partial charge on any atom is 0.334 e. The van der Waals surface area contributed by atoms with Crippen LogP contribution in [0.3, 0.4) is 0 Å². The van der Waals surface area contributed by atoms with E-state index in [1.165, 1.54) is 6.92 Å². The van der Waals surface area contributed by atoms with Gasteiger partial charge in [-0.25, -0.2) is 9.59 Å². The third-order valence-corrected chi connectivity index (χ3v) is 6.75. The standard InChI is InChI=1S/C22H26O8/c1-7-8(2)20(24)30-17-13-10(4)21(25)29-16(13)14-12(9(3)15(17)27-11(5)23)18-19(28-18)22(14,6)26/h7,13-19,26H,4H2,1-3,5-6H3. The Kier molecular flexibility index (Phi) is 4.70. The van der Waals surface area contributed by atoms with Gasteiger partial charge in [0.15, 0.2) is 12.2 Å². The van der Waals surface area contributed by atoms with E-state index in [0.29, 0.717) is 11.1 Å². The molecule has 30 heavy (non-hydrogen) atoms. The highest BCUT2D eigenvalue weighted by Crippen LogP contribution is 2.60. The lowest BCUT2D eigenvalue weighted by atomic mass is 9.78. The first-order valence-corrected chi connectivity index (χ1v) is 10.00. The Morgan fingerprint density at radius 3 is 2.53 bits per heavy atom. The van der Waals surface area contributed by atoms with E-state index in [1.54, 1.807) is 33.8 Å². The Bertz CT molecular complexity index is 910. The van der Waals surface area contributed by atoms with Crippen LogP contribution in [0.2, 0.25) is 0 Å². The number of hydrogen-bond acceptors (Lipinski definition) is 8. The van der Waals surface area contributed by atoms with Crippen LogP contribution in [0.5, 0.6) is 0 Å². The molecule has 8 atom stereocenters. The zero-order valence-electron chi connectivity index (χ0n) is 17.6. The summed E-state index contributed by atoms with van der Waals surface area (Å²) >= 11 is 0. The van der Waals surface area contributed by atoms with Gasteiger partial charge in [-0.3, -0.25) is 4.79 Å². The van der Waals surface area contributed by atoms with Crippen molar-refractivity contribution in [3.05, 3.63) is 34.9 Å². The summed E-state index contributed by atoms with van der Waals surface area (Å²) in [4.78, 5) is 37.0. The Hall–Kier alpha value is -2.45. The summed E-state index contributed by atoms with van der Waals surface area (Å²) in [5.41, 5.74) is 0.564. The number of aliphatic hydroxyl groups is 1. The van der Waals surface area contributed by atoms with Gasteiger partial charge >= 0.3 is 17.9 Å². The second-order valence-electron chi connectivity index (χ2n) is 8.61. The number of epoxide rings is 1. The number of ether oxygens (including phenoxy) is 4. The summed E-state index contributed by atoms with van der Waals surface area (Å²) in [6, 6.07) is 0. The number of fused-ring (bicyclic) bond motifs is 5. The molecule has 3 fully saturated rings. The second kappa shape index (κ2) is 6.78. The monoisotopic (exact) mass is 418 g/mol. The predicted molar refractivity (Wildman–Crippen MR) is 103 cm³/mol. The number of allylic oxidation sites excluding steroid dienone is 1. The van der Waals surface area contributed by atoms with Crippen LogP contribution < -0.4 is 0 Å². The summed E-state index contributed by atoms with van der Waals surface area (Å²) in [6.45, 7) is 11.9. The molecule has 0 bridgehead atoms. The number of esters is 3. The van der Waals surface area contributed by atoms with Gasteiger partial charge < -0.3 is 24.1 Å². The lowest BCUT2D eigenvalue weighted by molar-refractivity contribution is -0.168. The van der Waals surface area contributed by atoms with Crippen molar-refractivity contribution in [1.82, 2.24) is 0 Å². The van der Waals surface area contributed by atoms with Gasteiger partial charge in [0, 0.05) is 18.1 Å². The molecular formula is C22H26O8. The van der Waals surface area contributed by atoms with Gasteiger partial charge in [-0.05, 0) is 38.8 Å². The van der Waals surface area contributed by atoms with Crippen LogP contribution >= 0.6 is 0 Å². The summed E-state index contributed by atoms with van der Waals surface area (Å²) in [5, 5.41) is 11.2. The molecule has 8 unspecified atom stereocenters. The molecule has 4 aliphatic rings. The van der Waals surface area contributed by atoms with Crippen LogP contribution in [-0.2, 0) is 33.3 Å². The molecule has 0 aromatic heterocycles. The molecule has 2 aliphatic heterocycles. The quantitative estimate of drug-likeness (QED) is 0.241. The van der Waals surface area contributed by atoms with Gasteiger partial charge in [0.2, 0.25) is 0 Å². The van der Waals surface area contributed by atoms with E-state index >= 15 is 0 Å². The van der Waals surface area contributed by atoms with Gasteiger partial charge in [-0.2, -0.15) is 0 Å². The third kappa shape index (κ3) is 2.85. The highest BCUT2D eigenvalue weighted by atomic mass is 16.6. The maximum atomic E-state index is 12.6. The van der Waals surface area contributed by atoms with Gasteiger partial charge in [0.05, 0.1) is 11.8 Å². The molecule has 8 nitrogen and oxygen atoms in total. The molecule has 0 spiro atoms. The molecule has 4 rings (SSSR count). The molecule has 8 heteroatoms.